The number of halogens is 3. The molecule has 0 saturated carbocycles. The summed E-state index contributed by atoms with van der Waals surface area (Å²) in [6, 6.07) is 16.8. The Bertz CT molecular complexity index is 1330. The Balaban J connectivity index is 1.87. The molecular weight excluding hydrogens is 448 g/mol. The Kier molecular flexibility index (Phi) is 5.44. The van der Waals surface area contributed by atoms with Crippen molar-refractivity contribution in [1.82, 2.24) is 4.98 Å². The number of rotatable bonds is 4. The lowest BCUT2D eigenvalue weighted by molar-refractivity contribution is 0.602. The van der Waals surface area contributed by atoms with Gasteiger partial charge >= 0.3 is 0 Å². The van der Waals surface area contributed by atoms with Gasteiger partial charge in [0.1, 0.15) is 16.6 Å². The van der Waals surface area contributed by atoms with Crippen LogP contribution >= 0.6 is 22.9 Å². The molecule has 3 nitrogen and oxygen atoms in total. The topological polar surface area (TPSA) is 47.0 Å². The normalized spacial score (nSPS) is 11.6. The molecule has 0 N–H and O–H groups in total. The van der Waals surface area contributed by atoms with E-state index in [0.717, 1.165) is 16.7 Å². The van der Waals surface area contributed by atoms with Gasteiger partial charge < -0.3 is 0 Å². The number of sulfone groups is 1. The van der Waals surface area contributed by atoms with E-state index in [2.05, 4.69) is 0 Å². The molecule has 3 aromatic carbocycles. The van der Waals surface area contributed by atoms with E-state index in [4.69, 9.17) is 16.6 Å². The van der Waals surface area contributed by atoms with E-state index in [1.807, 2.05) is 0 Å². The van der Waals surface area contributed by atoms with Crippen molar-refractivity contribution in [2.75, 3.05) is 6.26 Å². The zero-order valence-corrected chi connectivity index (χ0v) is 18.0. The maximum absolute atomic E-state index is 13.7. The predicted molar refractivity (Wildman–Crippen MR) is 116 cm³/mol. The van der Waals surface area contributed by atoms with Crippen LogP contribution in [0.5, 0.6) is 0 Å². The minimum Gasteiger partial charge on any atom is -0.235 e. The molecule has 0 amide bonds. The van der Waals surface area contributed by atoms with Crippen LogP contribution in [0.25, 0.3) is 32.3 Å². The van der Waals surface area contributed by atoms with Gasteiger partial charge in [0, 0.05) is 17.4 Å². The SMILES string of the molecule is CS(=O)(=O)c1ccc(-c2nc(-c3ccc(F)cc3)c(-c3ccc(F)c(Cl)c3)s2)cc1. The third-order valence-electron chi connectivity index (χ3n) is 4.46. The fraction of sp³-hybridized carbons (Fsp3) is 0.0455. The molecular formula is C22H14ClF2NO2S2. The van der Waals surface area contributed by atoms with Crippen LogP contribution in [0.15, 0.2) is 71.6 Å². The Morgan fingerprint density at radius 1 is 0.867 bits per heavy atom. The summed E-state index contributed by atoms with van der Waals surface area (Å²) in [5, 5.41) is 0.634. The summed E-state index contributed by atoms with van der Waals surface area (Å²) in [7, 11) is -3.31. The second-order valence-electron chi connectivity index (χ2n) is 6.63. The first-order valence-corrected chi connectivity index (χ1v) is 11.8. The molecule has 30 heavy (non-hydrogen) atoms. The predicted octanol–water partition coefficient (Wildman–Crippen LogP) is 6.48. The van der Waals surface area contributed by atoms with Crippen molar-refractivity contribution in [1.29, 1.82) is 0 Å². The summed E-state index contributed by atoms with van der Waals surface area (Å²) in [6.45, 7) is 0. The molecule has 0 aliphatic rings. The van der Waals surface area contributed by atoms with E-state index < -0.39 is 15.7 Å². The molecule has 0 radical (unpaired) electrons. The summed E-state index contributed by atoms with van der Waals surface area (Å²) >= 11 is 7.33. The average molecular weight is 462 g/mol. The van der Waals surface area contributed by atoms with Crippen LogP contribution in [0.4, 0.5) is 8.78 Å². The van der Waals surface area contributed by atoms with Gasteiger partial charge in [-0.3, -0.25) is 0 Å². The van der Waals surface area contributed by atoms with Crippen molar-refractivity contribution in [3.8, 4) is 32.3 Å². The van der Waals surface area contributed by atoms with Gasteiger partial charge in [0.15, 0.2) is 9.84 Å². The molecule has 152 valence electrons. The van der Waals surface area contributed by atoms with Crippen LogP contribution in [0.2, 0.25) is 5.02 Å². The molecule has 8 heteroatoms. The van der Waals surface area contributed by atoms with Gasteiger partial charge in [-0.15, -0.1) is 11.3 Å². The van der Waals surface area contributed by atoms with Gasteiger partial charge in [-0.25, -0.2) is 22.2 Å². The highest BCUT2D eigenvalue weighted by atomic mass is 35.5. The maximum Gasteiger partial charge on any atom is 0.175 e. The summed E-state index contributed by atoms with van der Waals surface area (Å²) in [5.74, 6) is -0.887. The lowest BCUT2D eigenvalue weighted by atomic mass is 10.1. The first kappa shape index (κ1) is 20.7. The van der Waals surface area contributed by atoms with Crippen LogP contribution in [0.3, 0.4) is 0 Å². The van der Waals surface area contributed by atoms with E-state index in [1.165, 1.54) is 47.7 Å². The van der Waals surface area contributed by atoms with Crippen molar-refractivity contribution < 1.29 is 17.2 Å². The second-order valence-corrected chi connectivity index (χ2v) is 10.1. The molecule has 4 aromatic rings. The Hall–Kier alpha value is -2.61. The van der Waals surface area contributed by atoms with Gasteiger partial charge in [0.25, 0.3) is 0 Å². The molecule has 0 unspecified atom stereocenters. The Morgan fingerprint density at radius 3 is 2.07 bits per heavy atom. The maximum atomic E-state index is 13.7. The lowest BCUT2D eigenvalue weighted by Gasteiger charge is -2.04. The molecule has 1 heterocycles. The van der Waals surface area contributed by atoms with E-state index >= 15 is 0 Å². The second kappa shape index (κ2) is 7.91. The molecule has 4 rings (SSSR count). The van der Waals surface area contributed by atoms with E-state index in [1.54, 1.807) is 30.3 Å². The van der Waals surface area contributed by atoms with Gasteiger partial charge in [-0.05, 0) is 54.1 Å². The third kappa shape index (κ3) is 4.14. The molecule has 0 spiro atoms. The first-order chi connectivity index (χ1) is 14.2. The Labute approximate surface area is 181 Å². The molecule has 0 saturated heterocycles. The van der Waals surface area contributed by atoms with Crippen molar-refractivity contribution in [2.24, 2.45) is 0 Å². The van der Waals surface area contributed by atoms with Gasteiger partial charge in [0.05, 0.1) is 20.5 Å². The number of hydrogen-bond acceptors (Lipinski definition) is 4. The van der Waals surface area contributed by atoms with Crippen molar-refractivity contribution in [2.45, 2.75) is 4.90 Å². The zero-order valence-electron chi connectivity index (χ0n) is 15.6. The van der Waals surface area contributed by atoms with E-state index in [9.17, 15) is 17.2 Å². The van der Waals surface area contributed by atoms with Crippen LogP contribution in [-0.2, 0) is 9.84 Å². The quantitative estimate of drug-likeness (QED) is 0.349. The number of aromatic nitrogens is 1. The third-order valence-corrected chi connectivity index (χ3v) is 7.03. The standard InChI is InChI=1S/C22H14ClF2NO2S2/c1-30(27,28)17-9-4-14(5-10-17)22-26-20(13-2-7-16(24)8-3-13)21(29-22)15-6-11-19(25)18(23)12-15/h2-12H,1H3. The highest BCUT2D eigenvalue weighted by Gasteiger charge is 2.18. The number of benzene rings is 3. The summed E-state index contributed by atoms with van der Waals surface area (Å²) in [5.41, 5.74) is 2.71. The monoisotopic (exact) mass is 461 g/mol. The smallest absolute Gasteiger partial charge is 0.175 e. The first-order valence-electron chi connectivity index (χ1n) is 8.75. The van der Waals surface area contributed by atoms with Gasteiger partial charge in [0.2, 0.25) is 0 Å². The zero-order chi connectivity index (χ0) is 21.5. The van der Waals surface area contributed by atoms with Crippen LogP contribution in [0.1, 0.15) is 0 Å². The van der Waals surface area contributed by atoms with Crippen molar-refractivity contribution in [3.63, 3.8) is 0 Å². The summed E-state index contributed by atoms with van der Waals surface area (Å²) in [4.78, 5) is 5.67. The minimum atomic E-state index is -3.31. The highest BCUT2D eigenvalue weighted by molar-refractivity contribution is 7.90. The Morgan fingerprint density at radius 2 is 1.47 bits per heavy atom. The fourth-order valence-corrected chi connectivity index (χ4v) is 4.82. The van der Waals surface area contributed by atoms with E-state index in [-0.39, 0.29) is 15.7 Å². The van der Waals surface area contributed by atoms with Crippen LogP contribution in [0, 0.1) is 11.6 Å². The molecule has 1 aromatic heterocycles. The van der Waals surface area contributed by atoms with E-state index in [0.29, 0.717) is 21.8 Å². The molecule has 0 aliphatic heterocycles. The van der Waals surface area contributed by atoms with Crippen molar-refractivity contribution >= 4 is 32.8 Å². The largest absolute Gasteiger partial charge is 0.235 e. The number of thiazole rings is 1. The molecule has 0 atom stereocenters. The number of hydrogen-bond donors (Lipinski definition) is 0. The van der Waals surface area contributed by atoms with Crippen molar-refractivity contribution in [3.05, 3.63) is 83.4 Å². The fourth-order valence-electron chi connectivity index (χ4n) is 2.92. The highest BCUT2D eigenvalue weighted by Crippen LogP contribution is 2.41. The number of nitrogens with zero attached hydrogens (tertiary/aromatic N) is 1. The molecule has 0 bridgehead atoms. The van der Waals surface area contributed by atoms with Crippen LogP contribution < -0.4 is 0 Å². The average Bonchev–Trinajstić information content (AvgIpc) is 3.15. The van der Waals surface area contributed by atoms with Gasteiger partial charge in [-0.1, -0.05) is 29.8 Å². The lowest BCUT2D eigenvalue weighted by Crippen LogP contribution is -1.96. The molecule has 0 fully saturated rings. The van der Waals surface area contributed by atoms with Gasteiger partial charge in [-0.2, -0.15) is 0 Å². The van der Waals surface area contributed by atoms with Crippen LogP contribution in [-0.4, -0.2) is 19.7 Å². The summed E-state index contributed by atoms with van der Waals surface area (Å²) in [6.07, 6.45) is 1.15. The molecule has 0 aliphatic carbocycles. The minimum absolute atomic E-state index is 0.00925. The summed E-state index contributed by atoms with van der Waals surface area (Å²) < 4.78 is 50.5.